The molecule has 36 heavy (non-hydrogen) atoms. The zero-order chi connectivity index (χ0) is 25.1. The minimum Gasteiger partial charge on any atom is -0.487 e. The maximum atomic E-state index is 12.1. The number of carbonyl (C=O) groups excluding carboxylic acids is 1. The third kappa shape index (κ3) is 5.27. The van der Waals surface area contributed by atoms with Crippen molar-refractivity contribution in [2.45, 2.75) is 12.5 Å². The molecule has 1 atom stereocenters. The van der Waals surface area contributed by atoms with E-state index < -0.39 is 0 Å². The molecule has 2 N–H and O–H groups in total. The molecule has 1 amide bonds. The predicted octanol–water partition coefficient (Wildman–Crippen LogP) is 4.69. The number of likely N-dealkylation sites (N-methyl/N-ethyl adjacent to an activating group) is 1. The van der Waals surface area contributed by atoms with Crippen LogP contribution in [0.2, 0.25) is 5.02 Å². The number of pyridine rings is 2. The van der Waals surface area contributed by atoms with Gasteiger partial charge in [-0.05, 0) is 49.9 Å². The molecular weight excluding hydrogens is 478 g/mol. The van der Waals surface area contributed by atoms with Gasteiger partial charge in [0.1, 0.15) is 17.4 Å². The first kappa shape index (κ1) is 23.7. The molecule has 10 heteroatoms. The average Bonchev–Trinajstić information content (AvgIpc) is 3.29. The molecule has 0 aliphatic carbocycles. The molecule has 1 unspecified atom stereocenters. The summed E-state index contributed by atoms with van der Waals surface area (Å²) in [7, 11) is 2.06. The van der Waals surface area contributed by atoms with Crippen molar-refractivity contribution in [2.75, 3.05) is 30.8 Å². The van der Waals surface area contributed by atoms with E-state index in [2.05, 4.69) is 44.1 Å². The Morgan fingerprint density at radius 2 is 2.11 bits per heavy atom. The molecular formula is C26H24ClN7O2. The van der Waals surface area contributed by atoms with Crippen molar-refractivity contribution in [1.29, 1.82) is 0 Å². The Morgan fingerprint density at radius 3 is 2.89 bits per heavy atom. The molecule has 0 bridgehead atoms. The molecule has 5 rings (SSSR count). The van der Waals surface area contributed by atoms with Crippen molar-refractivity contribution in [3.8, 4) is 17.0 Å². The highest BCUT2D eigenvalue weighted by molar-refractivity contribution is 6.30. The van der Waals surface area contributed by atoms with Gasteiger partial charge < -0.3 is 20.3 Å². The van der Waals surface area contributed by atoms with Crippen LogP contribution >= 0.6 is 11.6 Å². The van der Waals surface area contributed by atoms with E-state index in [0.29, 0.717) is 39.3 Å². The molecule has 9 nitrogen and oxygen atoms in total. The number of hydrogen-bond acceptors (Lipinski definition) is 8. The molecule has 4 heterocycles. The zero-order valence-electron chi connectivity index (χ0n) is 19.6. The highest BCUT2D eigenvalue weighted by Crippen LogP contribution is 2.32. The first-order valence-electron chi connectivity index (χ1n) is 11.4. The largest absolute Gasteiger partial charge is 0.487 e. The van der Waals surface area contributed by atoms with Crippen LogP contribution in [-0.2, 0) is 4.79 Å². The maximum absolute atomic E-state index is 12.1. The molecule has 0 spiro atoms. The highest BCUT2D eigenvalue weighted by atomic mass is 35.5. The lowest BCUT2D eigenvalue weighted by Gasteiger charge is -2.18. The third-order valence-corrected chi connectivity index (χ3v) is 6.00. The molecule has 182 valence electrons. The van der Waals surface area contributed by atoms with Gasteiger partial charge in [-0.3, -0.25) is 14.8 Å². The molecule has 4 aromatic rings. The van der Waals surface area contributed by atoms with Gasteiger partial charge in [0.05, 0.1) is 16.4 Å². The SMILES string of the molecule is C=CC(=O)Nc1cc(Nc2ncc3ccnc(-c4cncc(Cl)c4)c3n2)ccc1OC1CCN(C)C1. The van der Waals surface area contributed by atoms with Crippen molar-refractivity contribution in [1.82, 2.24) is 24.8 Å². The van der Waals surface area contributed by atoms with E-state index in [1.165, 1.54) is 6.08 Å². The smallest absolute Gasteiger partial charge is 0.247 e. The number of carbonyl (C=O) groups is 1. The number of rotatable bonds is 7. The zero-order valence-corrected chi connectivity index (χ0v) is 20.4. The first-order chi connectivity index (χ1) is 17.5. The highest BCUT2D eigenvalue weighted by Gasteiger charge is 2.22. The molecule has 1 saturated heterocycles. The molecule has 1 fully saturated rings. The summed E-state index contributed by atoms with van der Waals surface area (Å²) in [6, 6.07) is 9.10. The molecule has 1 aliphatic heterocycles. The summed E-state index contributed by atoms with van der Waals surface area (Å²) >= 11 is 6.14. The number of benzene rings is 1. The van der Waals surface area contributed by atoms with E-state index in [9.17, 15) is 4.79 Å². The minimum absolute atomic E-state index is 0.0592. The summed E-state index contributed by atoms with van der Waals surface area (Å²) in [5.41, 5.74) is 3.28. The molecule has 0 radical (unpaired) electrons. The lowest BCUT2D eigenvalue weighted by molar-refractivity contribution is -0.111. The van der Waals surface area contributed by atoms with Gasteiger partial charge in [-0.1, -0.05) is 18.2 Å². The van der Waals surface area contributed by atoms with Gasteiger partial charge in [0.25, 0.3) is 0 Å². The Balaban J connectivity index is 1.45. The van der Waals surface area contributed by atoms with Crippen LogP contribution < -0.4 is 15.4 Å². The summed E-state index contributed by atoms with van der Waals surface area (Å²) in [6.07, 6.45) is 8.89. The van der Waals surface area contributed by atoms with E-state index >= 15 is 0 Å². The second-order valence-corrected chi connectivity index (χ2v) is 8.94. The minimum atomic E-state index is -0.326. The first-order valence-corrected chi connectivity index (χ1v) is 11.8. The van der Waals surface area contributed by atoms with E-state index in [-0.39, 0.29) is 12.0 Å². The maximum Gasteiger partial charge on any atom is 0.247 e. The summed E-state index contributed by atoms with van der Waals surface area (Å²) in [5, 5.41) is 7.39. The number of hydrogen-bond donors (Lipinski definition) is 2. The fourth-order valence-corrected chi connectivity index (χ4v) is 4.23. The van der Waals surface area contributed by atoms with Gasteiger partial charge in [0.15, 0.2) is 0 Å². The fraction of sp³-hybridized carbons (Fsp3) is 0.192. The molecule has 1 aromatic carbocycles. The van der Waals surface area contributed by atoms with Gasteiger partial charge in [0.2, 0.25) is 11.9 Å². The fourth-order valence-electron chi connectivity index (χ4n) is 4.06. The monoisotopic (exact) mass is 501 g/mol. The van der Waals surface area contributed by atoms with E-state index in [4.69, 9.17) is 21.3 Å². The Hall–Kier alpha value is -4.08. The number of likely N-dealkylation sites (tertiary alicyclic amines) is 1. The predicted molar refractivity (Wildman–Crippen MR) is 141 cm³/mol. The third-order valence-electron chi connectivity index (χ3n) is 5.80. The number of halogens is 1. The van der Waals surface area contributed by atoms with Gasteiger partial charge in [-0.2, -0.15) is 0 Å². The number of ether oxygens (including phenoxy) is 1. The number of nitrogens with one attached hydrogen (secondary N) is 2. The Bertz CT molecular complexity index is 1450. The summed E-state index contributed by atoms with van der Waals surface area (Å²) in [6.45, 7) is 5.35. The van der Waals surface area contributed by atoms with Crippen LogP contribution in [-0.4, -0.2) is 57.0 Å². The Morgan fingerprint density at radius 1 is 1.22 bits per heavy atom. The van der Waals surface area contributed by atoms with E-state index in [1.54, 1.807) is 36.9 Å². The van der Waals surface area contributed by atoms with Gasteiger partial charge in [-0.15, -0.1) is 0 Å². The van der Waals surface area contributed by atoms with Crippen LogP contribution in [0, 0.1) is 0 Å². The normalized spacial score (nSPS) is 15.6. The average molecular weight is 502 g/mol. The van der Waals surface area contributed by atoms with E-state index in [1.807, 2.05) is 18.2 Å². The number of fused-ring (bicyclic) bond motifs is 1. The van der Waals surface area contributed by atoms with Crippen LogP contribution in [0.5, 0.6) is 5.75 Å². The van der Waals surface area contributed by atoms with Crippen molar-refractivity contribution in [3.05, 3.63) is 72.8 Å². The molecule has 1 aliphatic rings. The van der Waals surface area contributed by atoms with E-state index in [0.717, 1.165) is 30.5 Å². The van der Waals surface area contributed by atoms with Crippen LogP contribution in [0.4, 0.5) is 17.3 Å². The van der Waals surface area contributed by atoms with Crippen molar-refractivity contribution in [3.63, 3.8) is 0 Å². The summed E-state index contributed by atoms with van der Waals surface area (Å²) in [5.74, 6) is 0.641. The summed E-state index contributed by atoms with van der Waals surface area (Å²) in [4.78, 5) is 32.1. The number of nitrogens with zero attached hydrogens (tertiary/aromatic N) is 5. The number of anilines is 3. The van der Waals surface area contributed by atoms with Crippen molar-refractivity contribution in [2.24, 2.45) is 0 Å². The number of aromatic nitrogens is 4. The van der Waals surface area contributed by atoms with Crippen LogP contribution in [0.3, 0.4) is 0 Å². The van der Waals surface area contributed by atoms with Crippen molar-refractivity contribution < 1.29 is 9.53 Å². The Labute approximate surface area is 213 Å². The second kappa shape index (κ2) is 10.3. The lowest BCUT2D eigenvalue weighted by atomic mass is 10.1. The second-order valence-electron chi connectivity index (χ2n) is 8.50. The van der Waals surface area contributed by atoms with Crippen LogP contribution in [0.15, 0.2) is 67.8 Å². The van der Waals surface area contributed by atoms with Crippen LogP contribution in [0.25, 0.3) is 22.2 Å². The topological polar surface area (TPSA) is 105 Å². The van der Waals surface area contributed by atoms with Gasteiger partial charge >= 0.3 is 0 Å². The molecule has 0 saturated carbocycles. The quantitative estimate of drug-likeness (QED) is 0.351. The van der Waals surface area contributed by atoms with Gasteiger partial charge in [-0.25, -0.2) is 9.97 Å². The number of amides is 1. The standard InChI is InChI=1S/C26H24ClN7O2/c1-3-23(35)32-21-11-19(4-5-22(21)36-20-7-9-34(2)15-20)31-26-30-13-16-6-8-29-24(25(16)33-26)17-10-18(27)14-28-12-17/h3-6,8,10-14,20H,1,7,9,15H2,2H3,(H,32,35)(H,30,31,33). The van der Waals surface area contributed by atoms with Gasteiger partial charge in [0, 0.05) is 54.5 Å². The van der Waals surface area contributed by atoms with Crippen LogP contribution in [0.1, 0.15) is 6.42 Å². The molecule has 3 aromatic heterocycles. The van der Waals surface area contributed by atoms with Crippen molar-refractivity contribution >= 4 is 45.7 Å². The summed E-state index contributed by atoms with van der Waals surface area (Å²) < 4.78 is 6.18. The Kier molecular flexibility index (Phi) is 6.75. The lowest BCUT2D eigenvalue weighted by Crippen LogP contribution is -2.22.